The zero-order valence-corrected chi connectivity index (χ0v) is 13.2. The summed E-state index contributed by atoms with van der Waals surface area (Å²) < 4.78 is 13.9. The van der Waals surface area contributed by atoms with Crippen molar-refractivity contribution in [2.75, 3.05) is 5.32 Å². The van der Waals surface area contributed by atoms with Crippen LogP contribution in [0.1, 0.15) is 39.2 Å². The van der Waals surface area contributed by atoms with Crippen molar-refractivity contribution in [3.05, 3.63) is 29.6 Å². The fourth-order valence-electron chi connectivity index (χ4n) is 3.32. The minimum atomic E-state index is -0.387. The molecule has 1 aliphatic carbocycles. The highest BCUT2D eigenvalue weighted by Gasteiger charge is 2.45. The van der Waals surface area contributed by atoms with Crippen LogP contribution in [0.5, 0.6) is 0 Å². The van der Waals surface area contributed by atoms with Gasteiger partial charge in [-0.3, -0.25) is 4.79 Å². The van der Waals surface area contributed by atoms with Crippen LogP contribution in [0.25, 0.3) is 0 Å². The van der Waals surface area contributed by atoms with Gasteiger partial charge in [0.15, 0.2) is 0 Å². The zero-order chi connectivity index (χ0) is 15.8. The normalized spacial score (nSPS) is 28.2. The molecule has 2 rings (SSSR count). The van der Waals surface area contributed by atoms with E-state index in [4.69, 9.17) is 5.73 Å². The lowest BCUT2D eigenvalue weighted by molar-refractivity contribution is -0.127. The van der Waals surface area contributed by atoms with Crippen molar-refractivity contribution in [1.29, 1.82) is 0 Å². The maximum atomic E-state index is 13.9. The van der Waals surface area contributed by atoms with Gasteiger partial charge in [-0.15, -0.1) is 0 Å². The molecule has 1 aromatic carbocycles. The summed E-state index contributed by atoms with van der Waals surface area (Å²) in [5, 5.41) is 2.78. The molecule has 3 nitrogen and oxygen atoms in total. The Labute approximate surface area is 126 Å². The number of carbonyl (C=O) groups excluding carboxylic acids is 1. The Balaban J connectivity index is 2.21. The standard InChI is InChI=1S/C17H25FN2O/c1-10-6-5-7-13(18)15(10)20-16(21)12-8-9-14(19)11(2)17(12,3)4/h5-7,11-12,14H,8-9,19H2,1-4H3,(H,20,21). The van der Waals surface area contributed by atoms with Crippen molar-refractivity contribution < 1.29 is 9.18 Å². The summed E-state index contributed by atoms with van der Waals surface area (Å²) in [5.41, 5.74) is 6.96. The molecule has 4 heteroatoms. The molecule has 0 spiro atoms. The molecule has 1 fully saturated rings. The Bertz CT molecular complexity index is 521. The number of nitrogens with one attached hydrogen (secondary N) is 1. The second-order valence-corrected chi connectivity index (χ2v) is 6.82. The number of para-hydroxylation sites is 1. The van der Waals surface area contributed by atoms with Crippen molar-refractivity contribution in [2.45, 2.75) is 46.6 Å². The summed E-state index contributed by atoms with van der Waals surface area (Å²) in [4.78, 5) is 12.6. The Morgan fingerprint density at radius 2 is 2.05 bits per heavy atom. The van der Waals surface area contributed by atoms with E-state index in [0.717, 1.165) is 18.4 Å². The van der Waals surface area contributed by atoms with Crippen LogP contribution >= 0.6 is 0 Å². The van der Waals surface area contributed by atoms with Crippen LogP contribution in [0.2, 0.25) is 0 Å². The molecular weight excluding hydrogens is 267 g/mol. The highest BCUT2D eigenvalue weighted by Crippen LogP contribution is 2.44. The molecule has 3 atom stereocenters. The third-order valence-electron chi connectivity index (χ3n) is 5.29. The summed E-state index contributed by atoms with van der Waals surface area (Å²) >= 11 is 0. The smallest absolute Gasteiger partial charge is 0.228 e. The predicted octanol–water partition coefficient (Wildman–Crippen LogP) is 3.47. The Morgan fingerprint density at radius 1 is 1.38 bits per heavy atom. The number of rotatable bonds is 2. The molecule has 1 amide bonds. The van der Waals surface area contributed by atoms with Crippen LogP contribution in [0, 0.1) is 30.0 Å². The summed E-state index contributed by atoms with van der Waals surface area (Å²) in [7, 11) is 0. The van der Waals surface area contributed by atoms with Crippen LogP contribution in [0.4, 0.5) is 10.1 Å². The summed E-state index contributed by atoms with van der Waals surface area (Å²) in [5.74, 6) is -0.385. The van der Waals surface area contributed by atoms with Crippen LogP contribution < -0.4 is 11.1 Å². The largest absolute Gasteiger partial charge is 0.327 e. The van der Waals surface area contributed by atoms with Crippen molar-refractivity contribution >= 4 is 11.6 Å². The summed E-state index contributed by atoms with van der Waals surface area (Å²) in [6.45, 7) is 8.05. The molecular formula is C17H25FN2O. The van der Waals surface area contributed by atoms with Gasteiger partial charge in [-0.2, -0.15) is 0 Å². The molecule has 3 unspecified atom stereocenters. The average molecular weight is 292 g/mol. The Hall–Kier alpha value is -1.42. The topological polar surface area (TPSA) is 55.1 Å². The highest BCUT2D eigenvalue weighted by atomic mass is 19.1. The number of carbonyl (C=O) groups is 1. The first kappa shape index (κ1) is 16.0. The first-order valence-corrected chi connectivity index (χ1v) is 7.56. The van der Waals surface area contributed by atoms with Crippen molar-refractivity contribution in [2.24, 2.45) is 23.0 Å². The molecule has 1 aromatic rings. The number of aryl methyl sites for hydroxylation is 1. The van der Waals surface area contributed by atoms with E-state index in [-0.39, 0.29) is 35.0 Å². The molecule has 0 aliphatic heterocycles. The highest BCUT2D eigenvalue weighted by molar-refractivity contribution is 5.94. The zero-order valence-electron chi connectivity index (χ0n) is 13.2. The fraction of sp³-hybridized carbons (Fsp3) is 0.588. The van der Waals surface area contributed by atoms with Crippen LogP contribution in [0.3, 0.4) is 0 Å². The molecule has 21 heavy (non-hydrogen) atoms. The number of halogens is 1. The van der Waals surface area contributed by atoms with E-state index in [9.17, 15) is 9.18 Å². The molecule has 0 heterocycles. The predicted molar refractivity (Wildman–Crippen MR) is 83.4 cm³/mol. The van der Waals surface area contributed by atoms with E-state index < -0.39 is 0 Å². The van der Waals surface area contributed by atoms with Crippen molar-refractivity contribution in [3.63, 3.8) is 0 Å². The monoisotopic (exact) mass is 292 g/mol. The molecule has 0 bridgehead atoms. The quantitative estimate of drug-likeness (QED) is 0.877. The lowest BCUT2D eigenvalue weighted by Crippen LogP contribution is -2.50. The molecule has 0 radical (unpaired) electrons. The number of amides is 1. The second kappa shape index (κ2) is 5.76. The van der Waals surface area contributed by atoms with Crippen LogP contribution in [0.15, 0.2) is 18.2 Å². The van der Waals surface area contributed by atoms with E-state index in [1.165, 1.54) is 6.07 Å². The summed E-state index contributed by atoms with van der Waals surface area (Å²) in [6, 6.07) is 4.93. The number of hydrogen-bond acceptors (Lipinski definition) is 2. The van der Waals surface area contributed by atoms with Crippen LogP contribution in [-0.2, 0) is 4.79 Å². The fourth-order valence-corrected chi connectivity index (χ4v) is 3.32. The Morgan fingerprint density at radius 3 is 2.67 bits per heavy atom. The van der Waals surface area contributed by atoms with Crippen LogP contribution in [-0.4, -0.2) is 11.9 Å². The lowest BCUT2D eigenvalue weighted by Gasteiger charge is -2.46. The second-order valence-electron chi connectivity index (χ2n) is 6.82. The molecule has 0 aromatic heterocycles. The van der Waals surface area contributed by atoms with Gasteiger partial charge in [-0.25, -0.2) is 4.39 Å². The maximum absolute atomic E-state index is 13.9. The average Bonchev–Trinajstić information content (AvgIpc) is 2.40. The van der Waals surface area contributed by atoms with E-state index in [2.05, 4.69) is 26.1 Å². The van der Waals surface area contributed by atoms with Gasteiger partial charge in [0.2, 0.25) is 5.91 Å². The molecule has 0 saturated heterocycles. The van der Waals surface area contributed by atoms with E-state index in [1.807, 2.05) is 0 Å². The lowest BCUT2D eigenvalue weighted by atomic mass is 9.61. The van der Waals surface area contributed by atoms with E-state index >= 15 is 0 Å². The van der Waals surface area contributed by atoms with Gasteiger partial charge < -0.3 is 11.1 Å². The minimum absolute atomic E-state index is 0.105. The van der Waals surface area contributed by atoms with Crippen molar-refractivity contribution in [3.8, 4) is 0 Å². The third-order valence-corrected chi connectivity index (χ3v) is 5.29. The first-order chi connectivity index (χ1) is 9.75. The molecule has 3 N–H and O–H groups in total. The first-order valence-electron chi connectivity index (χ1n) is 7.56. The van der Waals surface area contributed by atoms with Gasteiger partial charge in [0, 0.05) is 12.0 Å². The van der Waals surface area contributed by atoms with Crippen molar-refractivity contribution in [1.82, 2.24) is 0 Å². The third kappa shape index (κ3) is 2.95. The number of benzene rings is 1. The SMILES string of the molecule is Cc1cccc(F)c1NC(=O)C1CCC(N)C(C)C1(C)C. The van der Waals surface area contributed by atoms with Gasteiger partial charge in [0.05, 0.1) is 5.69 Å². The molecule has 116 valence electrons. The number of nitrogens with two attached hydrogens (primary N) is 1. The number of anilines is 1. The number of hydrogen-bond donors (Lipinski definition) is 2. The molecule has 1 saturated carbocycles. The maximum Gasteiger partial charge on any atom is 0.228 e. The van der Waals surface area contributed by atoms with Gasteiger partial charge in [-0.05, 0) is 42.7 Å². The van der Waals surface area contributed by atoms with Gasteiger partial charge in [0.1, 0.15) is 5.82 Å². The Kier molecular flexibility index (Phi) is 4.38. The van der Waals surface area contributed by atoms with Gasteiger partial charge in [0.25, 0.3) is 0 Å². The summed E-state index contributed by atoms with van der Waals surface area (Å²) in [6.07, 6.45) is 1.58. The minimum Gasteiger partial charge on any atom is -0.327 e. The van der Waals surface area contributed by atoms with Gasteiger partial charge in [-0.1, -0.05) is 32.9 Å². The van der Waals surface area contributed by atoms with Gasteiger partial charge >= 0.3 is 0 Å². The van der Waals surface area contributed by atoms with E-state index in [0.29, 0.717) is 5.69 Å². The van der Waals surface area contributed by atoms with E-state index in [1.54, 1.807) is 19.1 Å². The molecule has 1 aliphatic rings.